The molecule has 6 bridgehead atoms. The number of carbonyl (C=O) groups excluding carboxylic acids is 5. The number of esters is 1. The van der Waals surface area contributed by atoms with E-state index in [-0.39, 0.29) is 50.0 Å². The highest BCUT2D eigenvalue weighted by Gasteiger charge is 2.58. The quantitative estimate of drug-likeness (QED) is 0.157. The second-order valence-electron chi connectivity index (χ2n) is 21.4. The van der Waals surface area contributed by atoms with Crippen molar-refractivity contribution in [1.29, 1.82) is 0 Å². The van der Waals surface area contributed by atoms with Crippen LogP contribution in [0.1, 0.15) is 97.0 Å². The molecule has 4 amide bonds. The van der Waals surface area contributed by atoms with E-state index in [2.05, 4.69) is 72.2 Å². The standard InChI is InChI=1S/C53H69N9O7S/c1-12-60-41-18-17-34-25-36(41)37(46(60)35-15-13-22-54-44(35)33(4)68-11)27-51(5,6)31-69-49(66)38-16-14-23-62(57-38)48(65)39(26-42-55-40(34)28-70-42)56-47(64)45(32(2)3)61-24-21-53(50(61)67)29-59(30-53)43(63)19-20-52(7,8)58(9)10/h13,15,17-18,22,25,28,32-33,38-39,45,57H,12,14,16,21,23-24,26-27,29-31H2,1-11H3,(H,56,64)/t33-,38-,39-,45-/m0/s1. The summed E-state index contributed by atoms with van der Waals surface area (Å²) < 4.78 is 14.3. The Morgan fingerprint density at radius 3 is 2.57 bits per heavy atom. The molecular formula is C53H69N9O7S. The van der Waals surface area contributed by atoms with Crippen molar-refractivity contribution < 1.29 is 33.4 Å². The maximum Gasteiger partial charge on any atom is 0.324 e. The maximum atomic E-state index is 14.7. The molecule has 4 aliphatic heterocycles. The number of benzene rings is 1. The molecule has 0 radical (unpaired) electrons. The number of hydrogen-bond donors (Lipinski definition) is 2. The van der Waals surface area contributed by atoms with Gasteiger partial charge in [0, 0.05) is 85.3 Å². The summed E-state index contributed by atoms with van der Waals surface area (Å²) in [5, 5.41) is 8.17. The first kappa shape index (κ1) is 50.7. The summed E-state index contributed by atoms with van der Waals surface area (Å²) in [5.74, 6) is 3.67. The van der Waals surface area contributed by atoms with Crippen LogP contribution in [0.25, 0.3) is 33.4 Å². The molecule has 3 saturated heterocycles. The third-order valence-electron chi connectivity index (χ3n) is 14.8. The van der Waals surface area contributed by atoms with Gasteiger partial charge in [0.25, 0.3) is 11.8 Å². The maximum absolute atomic E-state index is 14.7. The molecule has 3 fully saturated rings. The van der Waals surface area contributed by atoms with Crippen LogP contribution in [0, 0.1) is 28.6 Å². The lowest BCUT2D eigenvalue weighted by Crippen LogP contribution is -2.64. The first-order chi connectivity index (χ1) is 33.2. The number of hydrogen-bond acceptors (Lipinski definition) is 12. The molecule has 374 valence electrons. The number of thiazole rings is 1. The van der Waals surface area contributed by atoms with E-state index in [0.717, 1.165) is 44.7 Å². The zero-order valence-corrected chi connectivity index (χ0v) is 43.4. The van der Waals surface area contributed by atoms with E-state index in [1.54, 1.807) is 23.1 Å². The highest BCUT2D eigenvalue weighted by Crippen LogP contribution is 2.44. The fourth-order valence-electron chi connectivity index (χ4n) is 10.3. The van der Waals surface area contributed by atoms with Crippen molar-refractivity contribution in [1.82, 2.24) is 45.0 Å². The molecule has 4 aromatic rings. The van der Waals surface area contributed by atoms with Crippen molar-refractivity contribution >= 4 is 51.8 Å². The fourth-order valence-corrected chi connectivity index (χ4v) is 11.1. The minimum Gasteiger partial charge on any atom is -0.464 e. The highest BCUT2D eigenvalue weighted by atomic mass is 32.1. The Balaban J connectivity index is 1.11. The molecule has 8 rings (SSSR count). The Morgan fingerprint density at radius 1 is 1.11 bits per heavy atom. The Kier molecular flexibility index (Phi) is 14.4. The number of cyclic esters (lactones) is 1. The Morgan fingerprint density at radius 2 is 1.87 bits per heavy atom. The number of aryl methyl sites for hydroxylation is 1. The van der Waals surface area contributed by atoms with Crippen LogP contribution in [0.15, 0.2) is 41.9 Å². The smallest absolute Gasteiger partial charge is 0.324 e. The number of nitrogens with one attached hydrogen (secondary N) is 2. The van der Waals surface area contributed by atoms with Crippen molar-refractivity contribution in [3.63, 3.8) is 0 Å². The van der Waals surface area contributed by atoms with Crippen LogP contribution in [0.5, 0.6) is 0 Å². The zero-order chi connectivity index (χ0) is 50.4. The average Bonchev–Trinajstić information content (AvgIpc) is 4.02. The van der Waals surface area contributed by atoms with Gasteiger partial charge in [-0.1, -0.05) is 39.7 Å². The van der Waals surface area contributed by atoms with Gasteiger partial charge in [-0.3, -0.25) is 38.9 Å². The van der Waals surface area contributed by atoms with Crippen LogP contribution >= 0.6 is 11.3 Å². The molecule has 1 spiro atoms. The van der Waals surface area contributed by atoms with Crippen LogP contribution in [-0.2, 0) is 52.8 Å². The SMILES string of the molecule is CCn1c(-c2cccnc2[C@H](C)OC)c2c3cc(ccc31)-c1csc(n1)C[C@H](NC(=O)[C@H](C(C)C)N1CCC3(CN(C(=O)C#CC(C)(C)N(C)C)C3)C1=O)C(=O)N1CCC[C@H](N1)C(=O)OCC(C)(C)C2. The molecule has 3 aromatic heterocycles. The van der Waals surface area contributed by atoms with Crippen LogP contribution in [0.2, 0.25) is 0 Å². The molecule has 17 heteroatoms. The second kappa shape index (κ2) is 19.9. The van der Waals surface area contributed by atoms with Gasteiger partial charge in [0.1, 0.15) is 18.1 Å². The first-order valence-corrected chi connectivity index (χ1v) is 25.5. The predicted molar refractivity (Wildman–Crippen MR) is 269 cm³/mol. The molecule has 7 heterocycles. The summed E-state index contributed by atoms with van der Waals surface area (Å²) in [5.41, 5.74) is 7.98. The molecule has 0 unspecified atom stereocenters. The van der Waals surface area contributed by atoms with Gasteiger partial charge in [0.2, 0.25) is 11.8 Å². The van der Waals surface area contributed by atoms with Crippen molar-refractivity contribution in [2.75, 3.05) is 54.0 Å². The lowest BCUT2D eigenvalue weighted by Gasteiger charge is -2.46. The number of amides is 4. The number of rotatable bonds is 9. The number of fused-ring (bicyclic) bond motifs is 6. The van der Waals surface area contributed by atoms with E-state index in [4.69, 9.17) is 19.4 Å². The summed E-state index contributed by atoms with van der Waals surface area (Å²) in [6.07, 6.45) is 3.68. The van der Waals surface area contributed by atoms with Crippen LogP contribution in [-0.4, -0.2) is 141 Å². The third kappa shape index (κ3) is 9.84. The Bertz CT molecular complexity index is 2740. The van der Waals surface area contributed by atoms with Gasteiger partial charge in [-0.25, -0.2) is 10.4 Å². The minimum absolute atomic E-state index is 0.0769. The number of aromatic nitrogens is 3. The molecule has 2 N–H and O–H groups in total. The summed E-state index contributed by atoms with van der Waals surface area (Å²) in [4.78, 5) is 85.8. The molecule has 70 heavy (non-hydrogen) atoms. The van der Waals surface area contributed by atoms with Crippen molar-refractivity contribution in [3.05, 3.63) is 58.2 Å². The number of methoxy groups -OCH3 is 1. The largest absolute Gasteiger partial charge is 0.464 e. The van der Waals surface area contributed by atoms with E-state index in [1.807, 2.05) is 65.1 Å². The van der Waals surface area contributed by atoms with E-state index in [0.29, 0.717) is 50.3 Å². The lowest BCUT2D eigenvalue weighted by molar-refractivity contribution is -0.155. The summed E-state index contributed by atoms with van der Waals surface area (Å²) in [6, 6.07) is 7.66. The number of ether oxygens (including phenoxy) is 2. The second-order valence-corrected chi connectivity index (χ2v) is 22.3. The molecule has 0 aliphatic carbocycles. The number of hydrazine groups is 1. The van der Waals surface area contributed by atoms with Gasteiger partial charge in [-0.05, 0) is 109 Å². The number of carbonyl (C=O) groups is 5. The fraction of sp³-hybridized carbons (Fsp3) is 0.566. The molecule has 4 atom stereocenters. The number of likely N-dealkylation sites (tertiary alicyclic amines) is 2. The zero-order valence-electron chi connectivity index (χ0n) is 42.6. The van der Waals surface area contributed by atoms with E-state index in [9.17, 15) is 24.0 Å². The van der Waals surface area contributed by atoms with Gasteiger partial charge >= 0.3 is 5.97 Å². The summed E-state index contributed by atoms with van der Waals surface area (Å²) >= 11 is 1.41. The Labute approximate surface area is 415 Å². The molecular weight excluding hydrogens is 907 g/mol. The Hall–Kier alpha value is -5.67. The molecule has 16 nitrogen and oxygen atoms in total. The first-order valence-electron chi connectivity index (χ1n) is 24.6. The van der Waals surface area contributed by atoms with Crippen LogP contribution in [0.4, 0.5) is 0 Å². The summed E-state index contributed by atoms with van der Waals surface area (Å²) in [6.45, 7) is 17.9. The van der Waals surface area contributed by atoms with Gasteiger partial charge in [0.15, 0.2) is 0 Å². The normalized spacial score (nSPS) is 21.3. The van der Waals surface area contributed by atoms with E-state index < -0.39 is 52.3 Å². The topological polar surface area (TPSA) is 172 Å². The van der Waals surface area contributed by atoms with Crippen molar-refractivity contribution in [2.24, 2.45) is 16.7 Å². The lowest BCUT2D eigenvalue weighted by atomic mass is 9.78. The highest BCUT2D eigenvalue weighted by molar-refractivity contribution is 7.10. The van der Waals surface area contributed by atoms with Crippen LogP contribution in [0.3, 0.4) is 0 Å². The third-order valence-corrected chi connectivity index (χ3v) is 15.7. The molecule has 1 aromatic carbocycles. The van der Waals surface area contributed by atoms with Gasteiger partial charge in [-0.2, -0.15) is 0 Å². The van der Waals surface area contributed by atoms with E-state index >= 15 is 0 Å². The van der Waals surface area contributed by atoms with Crippen molar-refractivity contribution in [3.8, 4) is 34.4 Å². The van der Waals surface area contributed by atoms with Crippen LogP contribution < -0.4 is 10.7 Å². The van der Waals surface area contributed by atoms with Gasteiger partial charge in [-0.15, -0.1) is 11.3 Å². The average molecular weight is 976 g/mol. The monoisotopic (exact) mass is 976 g/mol. The molecule has 0 saturated carbocycles. The molecule has 4 aliphatic rings. The minimum atomic E-state index is -1.08. The van der Waals surface area contributed by atoms with Gasteiger partial charge in [0.05, 0.1) is 45.8 Å². The predicted octanol–water partition coefficient (Wildman–Crippen LogP) is 5.63. The number of nitrogens with zero attached hydrogens (tertiary/aromatic N) is 7. The van der Waals surface area contributed by atoms with E-state index in [1.165, 1.54) is 16.3 Å². The van der Waals surface area contributed by atoms with Crippen molar-refractivity contribution in [2.45, 2.75) is 124 Å². The van der Waals surface area contributed by atoms with Gasteiger partial charge < -0.3 is 29.2 Å². The number of pyridine rings is 1. The summed E-state index contributed by atoms with van der Waals surface area (Å²) in [7, 11) is 5.49.